The number of aromatic nitrogens is 2. The highest BCUT2D eigenvalue weighted by Crippen LogP contribution is 2.15. The van der Waals surface area contributed by atoms with Crippen molar-refractivity contribution in [3.05, 3.63) is 11.8 Å². The minimum atomic E-state index is -0.310. The van der Waals surface area contributed by atoms with Crippen molar-refractivity contribution in [3.8, 4) is 0 Å². The quantitative estimate of drug-likeness (QED) is 0.589. The lowest BCUT2D eigenvalue weighted by Crippen LogP contribution is -2.50. The van der Waals surface area contributed by atoms with Crippen molar-refractivity contribution in [1.82, 2.24) is 15.1 Å². The van der Waals surface area contributed by atoms with Crippen LogP contribution in [0.4, 0.5) is 5.82 Å². The summed E-state index contributed by atoms with van der Waals surface area (Å²) in [6.07, 6.45) is 1.39. The summed E-state index contributed by atoms with van der Waals surface area (Å²) >= 11 is 0. The fraction of sp³-hybridized carbons (Fsp3) is 0.556. The molecule has 4 N–H and O–H groups in total. The minimum Gasteiger partial charge on any atom is -0.394 e. The second-order valence-electron chi connectivity index (χ2n) is 3.61. The van der Waals surface area contributed by atoms with Crippen molar-refractivity contribution >= 4 is 11.7 Å². The van der Waals surface area contributed by atoms with Crippen LogP contribution in [-0.4, -0.2) is 58.5 Å². The maximum atomic E-state index is 12.1. The van der Waals surface area contributed by atoms with Crippen LogP contribution in [-0.2, 0) is 4.74 Å². The SMILES string of the molecule is Nc1[nH]ncc1C(=O)N1CCOCC1CO. The lowest BCUT2D eigenvalue weighted by atomic mass is 10.2. The number of aromatic amines is 1. The first-order valence-corrected chi connectivity index (χ1v) is 5.02. The number of amides is 1. The first-order chi connectivity index (χ1) is 7.74. The van der Waals surface area contributed by atoms with E-state index in [-0.39, 0.29) is 24.4 Å². The van der Waals surface area contributed by atoms with Crippen molar-refractivity contribution < 1.29 is 14.6 Å². The molecule has 2 rings (SSSR count). The predicted octanol–water partition coefficient (Wildman–Crippen LogP) is -1.17. The van der Waals surface area contributed by atoms with Gasteiger partial charge in [0.1, 0.15) is 11.4 Å². The summed E-state index contributed by atoms with van der Waals surface area (Å²) < 4.78 is 5.19. The molecule has 0 spiro atoms. The third-order valence-electron chi connectivity index (χ3n) is 2.60. The van der Waals surface area contributed by atoms with E-state index in [0.717, 1.165) is 0 Å². The molecule has 7 nitrogen and oxygen atoms in total. The monoisotopic (exact) mass is 226 g/mol. The standard InChI is InChI=1S/C9H14N4O3/c10-8-7(3-11-12-8)9(15)13-1-2-16-5-6(13)4-14/h3,6,14H,1-2,4-5H2,(H3,10,11,12). The van der Waals surface area contributed by atoms with Gasteiger partial charge in [0.05, 0.1) is 32.1 Å². The molecule has 0 bridgehead atoms. The van der Waals surface area contributed by atoms with Gasteiger partial charge in [0.2, 0.25) is 0 Å². The van der Waals surface area contributed by atoms with Crippen molar-refractivity contribution in [2.45, 2.75) is 6.04 Å². The highest BCUT2D eigenvalue weighted by Gasteiger charge is 2.29. The number of anilines is 1. The Labute approximate surface area is 92.2 Å². The van der Waals surface area contributed by atoms with Crippen molar-refractivity contribution in [1.29, 1.82) is 0 Å². The normalized spacial score (nSPS) is 21.1. The summed E-state index contributed by atoms with van der Waals surface area (Å²) in [4.78, 5) is 13.6. The molecule has 1 aromatic heterocycles. The minimum absolute atomic E-state index is 0.122. The zero-order valence-electron chi connectivity index (χ0n) is 8.72. The Morgan fingerprint density at radius 3 is 3.25 bits per heavy atom. The van der Waals surface area contributed by atoms with E-state index in [1.807, 2.05) is 0 Å². The molecule has 1 amide bonds. The van der Waals surface area contributed by atoms with E-state index < -0.39 is 0 Å². The molecule has 1 atom stereocenters. The average molecular weight is 226 g/mol. The molecule has 1 saturated heterocycles. The number of rotatable bonds is 2. The molecule has 16 heavy (non-hydrogen) atoms. The van der Waals surface area contributed by atoms with E-state index in [1.54, 1.807) is 4.90 Å². The van der Waals surface area contributed by atoms with Gasteiger partial charge in [-0.3, -0.25) is 9.89 Å². The summed E-state index contributed by atoms with van der Waals surface area (Å²) in [5.41, 5.74) is 5.91. The second kappa shape index (κ2) is 4.50. The number of nitrogen functional groups attached to an aromatic ring is 1. The van der Waals surface area contributed by atoms with Crippen LogP contribution in [0.3, 0.4) is 0 Å². The summed E-state index contributed by atoms with van der Waals surface area (Å²) in [7, 11) is 0. The molecule has 1 aliphatic rings. The molecule has 0 aliphatic carbocycles. The number of carbonyl (C=O) groups is 1. The molecule has 1 unspecified atom stereocenters. The number of hydrogen-bond donors (Lipinski definition) is 3. The largest absolute Gasteiger partial charge is 0.394 e. The number of morpholine rings is 1. The van der Waals surface area contributed by atoms with Crippen molar-refractivity contribution in [3.63, 3.8) is 0 Å². The second-order valence-corrected chi connectivity index (χ2v) is 3.61. The molecule has 1 fully saturated rings. The van der Waals surface area contributed by atoms with Gasteiger partial charge in [-0.1, -0.05) is 0 Å². The van der Waals surface area contributed by atoms with Crippen LogP contribution in [0.2, 0.25) is 0 Å². The number of nitrogens with two attached hydrogens (primary N) is 1. The number of ether oxygens (including phenoxy) is 1. The van der Waals surface area contributed by atoms with Gasteiger partial charge in [-0.05, 0) is 0 Å². The lowest BCUT2D eigenvalue weighted by molar-refractivity contribution is -0.0183. The number of hydrogen-bond acceptors (Lipinski definition) is 5. The number of aliphatic hydroxyl groups excluding tert-OH is 1. The number of nitrogens with zero attached hydrogens (tertiary/aromatic N) is 2. The van der Waals surface area contributed by atoms with Gasteiger partial charge in [0, 0.05) is 6.54 Å². The van der Waals surface area contributed by atoms with Crippen LogP contribution in [0.5, 0.6) is 0 Å². The molecule has 0 radical (unpaired) electrons. The highest BCUT2D eigenvalue weighted by atomic mass is 16.5. The van der Waals surface area contributed by atoms with E-state index in [2.05, 4.69) is 10.2 Å². The first kappa shape index (κ1) is 10.9. The molecule has 88 valence electrons. The van der Waals surface area contributed by atoms with Crippen LogP contribution in [0, 0.1) is 0 Å². The van der Waals surface area contributed by atoms with Crippen LogP contribution in [0.25, 0.3) is 0 Å². The van der Waals surface area contributed by atoms with Gasteiger partial charge in [0.25, 0.3) is 5.91 Å². The van der Waals surface area contributed by atoms with Crippen LogP contribution in [0.1, 0.15) is 10.4 Å². The molecule has 0 aromatic carbocycles. The number of H-pyrrole nitrogens is 1. The van der Waals surface area contributed by atoms with E-state index in [9.17, 15) is 4.79 Å². The Balaban J connectivity index is 2.17. The van der Waals surface area contributed by atoms with Crippen LogP contribution >= 0.6 is 0 Å². The van der Waals surface area contributed by atoms with Crippen molar-refractivity contribution in [2.75, 3.05) is 32.1 Å². The summed E-state index contributed by atoms with van der Waals surface area (Å²) in [6, 6.07) is -0.310. The Hall–Kier alpha value is -1.60. The maximum Gasteiger partial charge on any atom is 0.259 e. The van der Waals surface area contributed by atoms with Gasteiger partial charge >= 0.3 is 0 Å². The third-order valence-corrected chi connectivity index (χ3v) is 2.60. The summed E-state index contributed by atoms with van der Waals surface area (Å²) in [6.45, 7) is 1.15. The topological polar surface area (TPSA) is 104 Å². The van der Waals surface area contributed by atoms with Crippen LogP contribution in [0.15, 0.2) is 6.20 Å². The average Bonchev–Trinajstić information content (AvgIpc) is 2.74. The lowest BCUT2D eigenvalue weighted by Gasteiger charge is -2.34. The summed E-state index contributed by atoms with van der Waals surface area (Å²) in [5, 5.41) is 15.4. The molecule has 2 heterocycles. The van der Waals surface area contributed by atoms with Gasteiger partial charge in [0.15, 0.2) is 0 Å². The smallest absolute Gasteiger partial charge is 0.259 e. The number of nitrogens with one attached hydrogen (secondary N) is 1. The van der Waals surface area contributed by atoms with Gasteiger partial charge in [-0.25, -0.2) is 0 Å². The zero-order valence-corrected chi connectivity index (χ0v) is 8.72. The number of aliphatic hydroxyl groups is 1. The molecule has 1 aliphatic heterocycles. The Bertz CT molecular complexity index is 379. The zero-order chi connectivity index (χ0) is 11.5. The summed E-state index contributed by atoms with van der Waals surface area (Å²) in [5.74, 6) is 0.0155. The van der Waals surface area contributed by atoms with Crippen molar-refractivity contribution in [2.24, 2.45) is 0 Å². The van der Waals surface area contributed by atoms with E-state index in [0.29, 0.717) is 25.3 Å². The van der Waals surface area contributed by atoms with E-state index in [4.69, 9.17) is 15.6 Å². The molecular formula is C9H14N4O3. The molecule has 0 saturated carbocycles. The Morgan fingerprint density at radius 1 is 1.81 bits per heavy atom. The van der Waals surface area contributed by atoms with Gasteiger partial charge in [-0.15, -0.1) is 0 Å². The predicted molar refractivity (Wildman–Crippen MR) is 55.7 cm³/mol. The van der Waals surface area contributed by atoms with Gasteiger partial charge < -0.3 is 20.5 Å². The Kier molecular flexibility index (Phi) is 3.07. The fourth-order valence-electron chi connectivity index (χ4n) is 1.69. The third kappa shape index (κ3) is 1.86. The number of carbonyl (C=O) groups excluding carboxylic acids is 1. The first-order valence-electron chi connectivity index (χ1n) is 5.02. The van der Waals surface area contributed by atoms with E-state index in [1.165, 1.54) is 6.20 Å². The van der Waals surface area contributed by atoms with Gasteiger partial charge in [-0.2, -0.15) is 5.10 Å². The Morgan fingerprint density at radius 2 is 2.62 bits per heavy atom. The highest BCUT2D eigenvalue weighted by molar-refractivity contribution is 5.98. The van der Waals surface area contributed by atoms with Crippen LogP contribution < -0.4 is 5.73 Å². The molecule has 1 aromatic rings. The fourth-order valence-corrected chi connectivity index (χ4v) is 1.69. The van der Waals surface area contributed by atoms with E-state index >= 15 is 0 Å². The molecule has 7 heteroatoms. The molecular weight excluding hydrogens is 212 g/mol. The maximum absolute atomic E-state index is 12.1.